The Morgan fingerprint density at radius 2 is 2.27 bits per heavy atom. The summed E-state index contributed by atoms with van der Waals surface area (Å²) < 4.78 is 18.0. The Morgan fingerprint density at radius 3 is 3.12 bits per heavy atom. The van der Waals surface area contributed by atoms with Gasteiger partial charge in [0.2, 0.25) is 0 Å². The van der Waals surface area contributed by atoms with Crippen LogP contribution < -0.4 is 10.2 Å². The molecule has 0 saturated carbocycles. The molecule has 26 heavy (non-hydrogen) atoms. The molecule has 3 aromatic rings. The van der Waals surface area contributed by atoms with E-state index >= 15 is 0 Å². The fraction of sp³-hybridized carbons (Fsp3) is 0.389. The predicted molar refractivity (Wildman–Crippen MR) is 93.3 cm³/mol. The summed E-state index contributed by atoms with van der Waals surface area (Å²) in [6.45, 7) is 5.32. The standard InChI is InChI=1S/C18H18FN7/c1-11-9-24(10-17-13-7-21-5-4-15(13)23-25(11)17)16-3-2-12(6-20)26-18(16)14(19)8-22-26/h2-3,8,11,21H,4-5,7,9-10H2,1H3/t11-/m1/s1. The van der Waals surface area contributed by atoms with Gasteiger partial charge in [-0.1, -0.05) is 0 Å². The topological polar surface area (TPSA) is 74.2 Å². The monoisotopic (exact) mass is 351 g/mol. The molecule has 2 aliphatic heterocycles. The van der Waals surface area contributed by atoms with Crippen LogP contribution in [0.2, 0.25) is 0 Å². The van der Waals surface area contributed by atoms with E-state index in [2.05, 4.69) is 33.0 Å². The van der Waals surface area contributed by atoms with E-state index in [-0.39, 0.29) is 6.04 Å². The van der Waals surface area contributed by atoms with E-state index in [1.165, 1.54) is 27.7 Å². The van der Waals surface area contributed by atoms with Gasteiger partial charge in [0.15, 0.2) is 5.82 Å². The van der Waals surface area contributed by atoms with Gasteiger partial charge in [-0.15, -0.1) is 0 Å². The van der Waals surface area contributed by atoms with Gasteiger partial charge in [-0.05, 0) is 19.1 Å². The fourth-order valence-electron chi connectivity index (χ4n) is 4.13. The second-order valence-corrected chi connectivity index (χ2v) is 6.94. The van der Waals surface area contributed by atoms with Crippen LogP contribution in [0.3, 0.4) is 0 Å². The molecule has 0 aromatic carbocycles. The Labute approximate surface area is 149 Å². The Morgan fingerprint density at radius 1 is 1.38 bits per heavy atom. The average molecular weight is 351 g/mol. The molecule has 0 unspecified atom stereocenters. The predicted octanol–water partition coefficient (Wildman–Crippen LogP) is 1.77. The number of halogens is 1. The van der Waals surface area contributed by atoms with E-state index in [0.717, 1.165) is 31.7 Å². The SMILES string of the molecule is C[C@@H]1CN(c2ccc(C#N)n3ncc(F)c23)Cc2c3c(nn21)CCNC3. The van der Waals surface area contributed by atoms with E-state index < -0.39 is 5.82 Å². The van der Waals surface area contributed by atoms with E-state index in [1.54, 1.807) is 6.07 Å². The van der Waals surface area contributed by atoms with E-state index in [9.17, 15) is 9.65 Å². The lowest BCUT2D eigenvalue weighted by molar-refractivity contribution is 0.424. The van der Waals surface area contributed by atoms with Gasteiger partial charge < -0.3 is 10.2 Å². The van der Waals surface area contributed by atoms with Gasteiger partial charge in [-0.2, -0.15) is 15.5 Å². The highest BCUT2D eigenvalue weighted by atomic mass is 19.1. The van der Waals surface area contributed by atoms with Crippen molar-refractivity contribution in [2.75, 3.05) is 18.0 Å². The van der Waals surface area contributed by atoms with E-state index in [1.807, 2.05) is 6.07 Å². The molecule has 0 bridgehead atoms. The first-order chi connectivity index (χ1) is 12.7. The second kappa shape index (κ2) is 5.54. The van der Waals surface area contributed by atoms with Crippen LogP contribution >= 0.6 is 0 Å². The quantitative estimate of drug-likeness (QED) is 0.723. The minimum atomic E-state index is -0.410. The maximum absolute atomic E-state index is 14.4. The molecular formula is C18H18FN7. The van der Waals surface area contributed by atoms with Gasteiger partial charge in [-0.25, -0.2) is 8.91 Å². The van der Waals surface area contributed by atoms with Gasteiger partial charge >= 0.3 is 0 Å². The van der Waals surface area contributed by atoms with Crippen molar-refractivity contribution < 1.29 is 4.39 Å². The van der Waals surface area contributed by atoms with Crippen LogP contribution in [0.4, 0.5) is 10.1 Å². The summed E-state index contributed by atoms with van der Waals surface area (Å²) in [5.41, 5.74) is 5.07. The molecule has 0 spiro atoms. The number of nitrogens with zero attached hydrogens (tertiary/aromatic N) is 6. The number of anilines is 1. The lowest BCUT2D eigenvalue weighted by Gasteiger charge is -2.34. The van der Waals surface area contributed by atoms with Crippen LogP contribution in [0, 0.1) is 17.1 Å². The number of fused-ring (bicyclic) bond motifs is 4. The molecule has 0 saturated heterocycles. The summed E-state index contributed by atoms with van der Waals surface area (Å²) in [4.78, 5) is 2.16. The number of hydrogen-bond donors (Lipinski definition) is 1. The molecular weight excluding hydrogens is 333 g/mol. The number of aromatic nitrogens is 4. The number of nitrogens with one attached hydrogen (secondary N) is 1. The van der Waals surface area contributed by atoms with Gasteiger partial charge in [0, 0.05) is 31.6 Å². The maximum atomic E-state index is 14.4. The minimum Gasteiger partial charge on any atom is -0.362 e. The van der Waals surface area contributed by atoms with Crippen molar-refractivity contribution in [1.29, 1.82) is 5.26 Å². The molecule has 0 aliphatic carbocycles. The van der Waals surface area contributed by atoms with Crippen molar-refractivity contribution in [2.45, 2.75) is 32.5 Å². The number of nitriles is 1. The molecule has 2 aliphatic rings. The van der Waals surface area contributed by atoms with Gasteiger partial charge in [0.25, 0.3) is 0 Å². The Hall–Kier alpha value is -2.92. The van der Waals surface area contributed by atoms with Crippen LogP contribution in [0.5, 0.6) is 0 Å². The summed E-state index contributed by atoms with van der Waals surface area (Å²) in [6.07, 6.45) is 2.11. The van der Waals surface area contributed by atoms with Crippen LogP contribution in [-0.4, -0.2) is 32.5 Å². The molecule has 0 amide bonds. The van der Waals surface area contributed by atoms with E-state index in [4.69, 9.17) is 5.10 Å². The zero-order chi connectivity index (χ0) is 17.8. The number of rotatable bonds is 1. The highest BCUT2D eigenvalue weighted by molar-refractivity contribution is 5.75. The van der Waals surface area contributed by atoms with Crippen molar-refractivity contribution in [3.8, 4) is 6.07 Å². The summed E-state index contributed by atoms with van der Waals surface area (Å²) in [5.74, 6) is -0.410. The zero-order valence-electron chi connectivity index (χ0n) is 14.4. The second-order valence-electron chi connectivity index (χ2n) is 6.94. The number of hydrogen-bond acceptors (Lipinski definition) is 5. The third-order valence-electron chi connectivity index (χ3n) is 5.33. The summed E-state index contributed by atoms with van der Waals surface area (Å²) in [5, 5.41) is 21.5. The van der Waals surface area contributed by atoms with Gasteiger partial charge in [0.05, 0.1) is 35.9 Å². The van der Waals surface area contributed by atoms with Crippen LogP contribution in [-0.2, 0) is 19.5 Å². The lowest BCUT2D eigenvalue weighted by atomic mass is 10.0. The lowest BCUT2D eigenvalue weighted by Crippen LogP contribution is -2.37. The van der Waals surface area contributed by atoms with Crippen molar-refractivity contribution in [2.24, 2.45) is 0 Å². The Kier molecular flexibility index (Phi) is 3.27. The highest BCUT2D eigenvalue weighted by Gasteiger charge is 2.30. The molecule has 3 aromatic heterocycles. The highest BCUT2D eigenvalue weighted by Crippen LogP contribution is 2.33. The van der Waals surface area contributed by atoms with Crippen molar-refractivity contribution in [3.05, 3.63) is 46.8 Å². The van der Waals surface area contributed by atoms with Crippen molar-refractivity contribution in [3.63, 3.8) is 0 Å². The molecule has 1 atom stereocenters. The fourth-order valence-corrected chi connectivity index (χ4v) is 4.13. The first kappa shape index (κ1) is 15.3. The molecule has 5 heterocycles. The first-order valence-electron chi connectivity index (χ1n) is 8.78. The maximum Gasteiger partial charge on any atom is 0.171 e. The normalized spacial score (nSPS) is 19.3. The van der Waals surface area contributed by atoms with Gasteiger partial charge in [-0.3, -0.25) is 4.68 Å². The molecule has 7 nitrogen and oxygen atoms in total. The molecule has 0 radical (unpaired) electrons. The Balaban J connectivity index is 1.63. The molecule has 8 heteroatoms. The minimum absolute atomic E-state index is 0.186. The molecule has 132 valence electrons. The van der Waals surface area contributed by atoms with Crippen LogP contribution in [0.1, 0.15) is 35.6 Å². The van der Waals surface area contributed by atoms with Crippen LogP contribution in [0.15, 0.2) is 18.3 Å². The first-order valence-corrected chi connectivity index (χ1v) is 8.78. The third-order valence-corrected chi connectivity index (χ3v) is 5.33. The summed E-state index contributed by atoms with van der Waals surface area (Å²) >= 11 is 0. The molecule has 5 rings (SSSR count). The van der Waals surface area contributed by atoms with E-state index in [0.29, 0.717) is 17.8 Å². The number of pyridine rings is 1. The Bertz CT molecular complexity index is 1060. The summed E-state index contributed by atoms with van der Waals surface area (Å²) in [6, 6.07) is 5.77. The van der Waals surface area contributed by atoms with Crippen molar-refractivity contribution >= 4 is 11.2 Å². The average Bonchev–Trinajstić information content (AvgIpc) is 3.23. The van der Waals surface area contributed by atoms with Gasteiger partial charge in [0.1, 0.15) is 17.3 Å². The smallest absolute Gasteiger partial charge is 0.171 e. The van der Waals surface area contributed by atoms with Crippen molar-refractivity contribution in [1.82, 2.24) is 24.7 Å². The van der Waals surface area contributed by atoms with Crippen LogP contribution in [0.25, 0.3) is 5.52 Å². The zero-order valence-corrected chi connectivity index (χ0v) is 14.4. The summed E-state index contributed by atoms with van der Waals surface area (Å²) in [7, 11) is 0. The largest absolute Gasteiger partial charge is 0.362 e. The third kappa shape index (κ3) is 2.07. The molecule has 0 fully saturated rings. The molecule has 1 N–H and O–H groups in total.